The van der Waals surface area contributed by atoms with Crippen molar-refractivity contribution in [2.75, 3.05) is 4.90 Å². The van der Waals surface area contributed by atoms with Crippen molar-refractivity contribution in [2.24, 2.45) is 0 Å². The van der Waals surface area contributed by atoms with Gasteiger partial charge >= 0.3 is 217 Å². The fraction of sp³-hybridized carbons (Fsp3) is 0.133. The molecule has 0 N–H and O–H groups in total. The van der Waals surface area contributed by atoms with Gasteiger partial charge in [-0.15, -0.1) is 0 Å². The third-order valence-electron chi connectivity index (χ3n) is 7.55. The molecule has 0 atom stereocenters. The molecule has 8 rings (SSSR count). The zero-order valence-electron chi connectivity index (χ0n) is 19.2. The van der Waals surface area contributed by atoms with Crippen LogP contribution in [-0.2, 0) is 0 Å². The summed E-state index contributed by atoms with van der Waals surface area (Å²) >= 11 is 2.29. The number of benzene rings is 4. The molecule has 0 fully saturated rings. The van der Waals surface area contributed by atoms with Crippen molar-refractivity contribution in [1.82, 2.24) is 0 Å². The molecule has 0 bridgehead atoms. The summed E-state index contributed by atoms with van der Waals surface area (Å²) in [4.78, 5) is 5.39. The van der Waals surface area contributed by atoms with E-state index in [0.717, 1.165) is 17.9 Å². The van der Waals surface area contributed by atoms with Crippen molar-refractivity contribution >= 4 is 70.1 Å². The fourth-order valence-corrected chi connectivity index (χ4v) is 9.68. The van der Waals surface area contributed by atoms with Gasteiger partial charge in [0.1, 0.15) is 0 Å². The molecule has 5 heteroatoms. The topological polar surface area (TPSA) is 12.5 Å². The van der Waals surface area contributed by atoms with Crippen LogP contribution < -0.4 is 34.9 Å². The second-order valence-corrected chi connectivity index (χ2v) is 13.0. The number of fused-ring (bicyclic) bond motifs is 5. The van der Waals surface area contributed by atoms with E-state index in [9.17, 15) is 0 Å². The standard InChI is InChI=1S/C30H22BNOSSe/c1-6-14-28-21(8-1)31-20-17-16-19(18-25(20)33-24-11-7-15-29(35-28)30(24)31)32-22-9-2-4-12-26(22)34-27-13-5-3-10-23(27)32/h1-2,4,6-9,11-12,14-18H,3,5,10,13H2. The second-order valence-electron chi connectivity index (χ2n) is 9.55. The first-order valence-electron chi connectivity index (χ1n) is 12.4. The van der Waals surface area contributed by atoms with Gasteiger partial charge in [0.15, 0.2) is 0 Å². The minimum atomic E-state index is 0.250. The average molecular weight is 534 g/mol. The normalized spacial score (nSPS) is 17.0. The number of anilines is 2. The van der Waals surface area contributed by atoms with Gasteiger partial charge in [-0.2, -0.15) is 0 Å². The molecule has 2 nitrogen and oxygen atoms in total. The Morgan fingerprint density at radius 3 is 2.63 bits per heavy atom. The van der Waals surface area contributed by atoms with Gasteiger partial charge < -0.3 is 0 Å². The van der Waals surface area contributed by atoms with E-state index in [1.807, 2.05) is 11.8 Å². The third-order valence-corrected chi connectivity index (χ3v) is 11.3. The van der Waals surface area contributed by atoms with Crippen molar-refractivity contribution in [1.29, 1.82) is 0 Å². The molecule has 4 aromatic carbocycles. The SMILES string of the molecule is c1ccc2c(c1)SC1=C(CCCC1)N2c1ccc2c(c1)Oc1cccc3c1B2c1ccccc1[Se]3. The Morgan fingerprint density at radius 2 is 1.63 bits per heavy atom. The van der Waals surface area contributed by atoms with E-state index in [2.05, 4.69) is 89.8 Å². The molecular weight excluding hydrogens is 512 g/mol. The van der Waals surface area contributed by atoms with Gasteiger partial charge in [0, 0.05) is 0 Å². The Bertz CT molecular complexity index is 1560. The van der Waals surface area contributed by atoms with Crippen LogP contribution in [0, 0.1) is 0 Å². The van der Waals surface area contributed by atoms with Crippen LogP contribution in [0.5, 0.6) is 11.5 Å². The van der Waals surface area contributed by atoms with Gasteiger partial charge in [0.05, 0.1) is 0 Å². The molecule has 0 unspecified atom stereocenters. The van der Waals surface area contributed by atoms with E-state index in [1.54, 1.807) is 0 Å². The summed E-state index contributed by atoms with van der Waals surface area (Å²) in [6.45, 7) is 0.250. The van der Waals surface area contributed by atoms with Crippen molar-refractivity contribution in [2.45, 2.75) is 30.6 Å². The first-order valence-corrected chi connectivity index (χ1v) is 14.9. The number of allylic oxidation sites excluding steroid dienone is 2. The maximum atomic E-state index is 6.66. The maximum absolute atomic E-state index is 6.66. The zero-order chi connectivity index (χ0) is 22.9. The number of thioether (sulfide) groups is 1. The number of nitrogens with zero attached hydrogens (tertiary/aromatic N) is 1. The number of rotatable bonds is 1. The van der Waals surface area contributed by atoms with Crippen molar-refractivity contribution in [3.63, 3.8) is 0 Å². The minimum absolute atomic E-state index is 0.250. The van der Waals surface area contributed by atoms with Crippen LogP contribution in [-0.4, -0.2) is 21.7 Å². The van der Waals surface area contributed by atoms with Crippen molar-refractivity contribution in [3.8, 4) is 11.5 Å². The van der Waals surface area contributed by atoms with Crippen molar-refractivity contribution in [3.05, 3.63) is 95.5 Å². The van der Waals surface area contributed by atoms with Crippen LogP contribution in [0.2, 0.25) is 0 Å². The summed E-state index contributed by atoms with van der Waals surface area (Å²) in [6.07, 6.45) is 4.87. The summed E-state index contributed by atoms with van der Waals surface area (Å²) in [5.41, 5.74) is 8.09. The van der Waals surface area contributed by atoms with Gasteiger partial charge in [-0.25, -0.2) is 0 Å². The molecule has 35 heavy (non-hydrogen) atoms. The van der Waals surface area contributed by atoms with Gasteiger partial charge in [0.25, 0.3) is 0 Å². The van der Waals surface area contributed by atoms with Crippen LogP contribution in [0.15, 0.2) is 100 Å². The first kappa shape index (κ1) is 20.4. The number of hydrogen-bond donors (Lipinski definition) is 0. The molecule has 0 radical (unpaired) electrons. The predicted octanol–water partition coefficient (Wildman–Crippen LogP) is 4.31. The van der Waals surface area contributed by atoms with Gasteiger partial charge in [-0.1, -0.05) is 0 Å². The average Bonchev–Trinajstić information content (AvgIpc) is 2.91. The van der Waals surface area contributed by atoms with Crippen LogP contribution >= 0.6 is 11.8 Å². The van der Waals surface area contributed by atoms with E-state index < -0.39 is 0 Å². The van der Waals surface area contributed by atoms with Crippen LogP contribution in [0.25, 0.3) is 0 Å². The molecule has 1 aliphatic carbocycles. The first-order chi connectivity index (χ1) is 17.3. The summed E-state index contributed by atoms with van der Waals surface area (Å²) in [5, 5.41) is 0. The van der Waals surface area contributed by atoms with E-state index in [1.165, 1.54) is 71.4 Å². The quantitative estimate of drug-likeness (QED) is 0.292. The Kier molecular flexibility index (Phi) is 4.55. The fourth-order valence-electron chi connectivity index (χ4n) is 6.01. The molecule has 0 aromatic heterocycles. The molecule has 168 valence electrons. The Labute approximate surface area is 216 Å². The molecule has 3 aliphatic heterocycles. The van der Waals surface area contributed by atoms with E-state index in [-0.39, 0.29) is 6.71 Å². The van der Waals surface area contributed by atoms with E-state index >= 15 is 0 Å². The Hall–Kier alpha value is -2.85. The molecular formula is C30H22BNOSSe. The third kappa shape index (κ3) is 3.05. The number of para-hydroxylation sites is 1. The van der Waals surface area contributed by atoms with Crippen LogP contribution in [0.4, 0.5) is 11.4 Å². The summed E-state index contributed by atoms with van der Waals surface area (Å²) in [7, 11) is 0. The summed E-state index contributed by atoms with van der Waals surface area (Å²) in [6, 6.07) is 31.4. The number of hydrogen-bond acceptors (Lipinski definition) is 3. The molecule has 0 saturated heterocycles. The van der Waals surface area contributed by atoms with E-state index in [4.69, 9.17) is 4.74 Å². The van der Waals surface area contributed by atoms with Gasteiger partial charge in [-0.3, -0.25) is 0 Å². The molecule has 4 aromatic rings. The second kappa shape index (κ2) is 7.83. The molecule has 4 aliphatic rings. The molecule has 0 spiro atoms. The Balaban J connectivity index is 1.31. The molecule has 0 saturated carbocycles. The predicted molar refractivity (Wildman–Crippen MR) is 149 cm³/mol. The Morgan fingerprint density at radius 1 is 0.771 bits per heavy atom. The van der Waals surface area contributed by atoms with Gasteiger partial charge in [-0.05, 0) is 0 Å². The number of ether oxygens (including phenoxy) is 1. The van der Waals surface area contributed by atoms with Gasteiger partial charge in [0.2, 0.25) is 0 Å². The molecule has 0 amide bonds. The monoisotopic (exact) mass is 535 g/mol. The van der Waals surface area contributed by atoms with Crippen LogP contribution in [0.1, 0.15) is 25.7 Å². The van der Waals surface area contributed by atoms with E-state index in [0.29, 0.717) is 15.0 Å². The zero-order valence-corrected chi connectivity index (χ0v) is 21.7. The molecule has 3 heterocycles. The summed E-state index contributed by atoms with van der Waals surface area (Å²) in [5.74, 6) is 2.02. The summed E-state index contributed by atoms with van der Waals surface area (Å²) < 4.78 is 9.60. The van der Waals surface area contributed by atoms with Crippen LogP contribution in [0.3, 0.4) is 0 Å². The van der Waals surface area contributed by atoms with Crippen molar-refractivity contribution < 1.29 is 4.74 Å².